The summed E-state index contributed by atoms with van der Waals surface area (Å²) in [6.07, 6.45) is 11.4. The van der Waals surface area contributed by atoms with Gasteiger partial charge in [-0.25, -0.2) is 0 Å². The van der Waals surface area contributed by atoms with Crippen LogP contribution in [-0.4, -0.2) is 48.3 Å². The van der Waals surface area contributed by atoms with Crippen molar-refractivity contribution in [1.29, 1.82) is 0 Å². The van der Waals surface area contributed by atoms with Crippen LogP contribution in [0.2, 0.25) is 0 Å². The Labute approximate surface area is 141 Å². The Balaban J connectivity index is 3.40. The van der Waals surface area contributed by atoms with Gasteiger partial charge in [0.25, 0.3) is 0 Å². The van der Waals surface area contributed by atoms with Gasteiger partial charge >= 0.3 is 0 Å². The summed E-state index contributed by atoms with van der Waals surface area (Å²) in [7, 11) is 0. The zero-order valence-electron chi connectivity index (χ0n) is 14.9. The number of hydrogen-bond acceptors (Lipinski definition) is 3. The van der Waals surface area contributed by atoms with Gasteiger partial charge in [0.15, 0.2) is 5.78 Å². The molecule has 0 amide bonds. The summed E-state index contributed by atoms with van der Waals surface area (Å²) in [6, 6.07) is 0. The summed E-state index contributed by atoms with van der Waals surface area (Å²) >= 11 is 0. The Morgan fingerprint density at radius 3 is 2.26 bits per heavy atom. The van der Waals surface area contributed by atoms with Crippen molar-refractivity contribution >= 4 is 5.78 Å². The number of piperazine rings is 1. The first kappa shape index (κ1) is 19.0. The number of allylic oxidation sites excluding steroid dienone is 5. The highest BCUT2D eigenvalue weighted by atomic mass is 16.1. The Morgan fingerprint density at radius 1 is 1.26 bits per heavy atom. The van der Waals surface area contributed by atoms with Crippen LogP contribution < -0.4 is 0 Å². The van der Waals surface area contributed by atoms with Crippen LogP contribution in [0.4, 0.5) is 0 Å². The van der Waals surface area contributed by atoms with Crippen LogP contribution >= 0.6 is 0 Å². The molecule has 3 nitrogen and oxygen atoms in total. The average Bonchev–Trinajstić information content (AvgIpc) is 2.57. The van der Waals surface area contributed by atoms with Gasteiger partial charge in [0.2, 0.25) is 0 Å². The third kappa shape index (κ3) is 4.71. The highest BCUT2D eigenvalue weighted by molar-refractivity contribution is 5.99. The van der Waals surface area contributed by atoms with E-state index >= 15 is 0 Å². The quantitative estimate of drug-likeness (QED) is 0.427. The predicted octanol–water partition coefficient (Wildman–Crippen LogP) is 3.18. The molecule has 0 N–H and O–H groups in total. The Kier molecular flexibility index (Phi) is 7.57. The van der Waals surface area contributed by atoms with E-state index in [2.05, 4.69) is 29.2 Å². The molecular weight excluding hydrogens is 284 g/mol. The first-order valence-electron chi connectivity index (χ1n) is 8.15. The lowest BCUT2D eigenvalue weighted by Crippen LogP contribution is -2.46. The van der Waals surface area contributed by atoms with Crippen molar-refractivity contribution in [3.8, 4) is 12.3 Å². The molecule has 0 aromatic rings. The minimum atomic E-state index is -0.0701. The van der Waals surface area contributed by atoms with Crippen molar-refractivity contribution in [3.05, 3.63) is 47.2 Å². The average molecular weight is 312 g/mol. The number of hydrogen-bond donors (Lipinski definition) is 0. The Morgan fingerprint density at radius 2 is 1.87 bits per heavy atom. The van der Waals surface area contributed by atoms with Crippen molar-refractivity contribution in [2.75, 3.05) is 32.7 Å². The predicted molar refractivity (Wildman–Crippen MR) is 97.9 cm³/mol. The van der Waals surface area contributed by atoms with Gasteiger partial charge < -0.3 is 9.80 Å². The molecule has 124 valence electrons. The Hall–Kier alpha value is -2.05. The molecule has 0 bridgehead atoms. The van der Waals surface area contributed by atoms with E-state index in [0.717, 1.165) is 49.6 Å². The van der Waals surface area contributed by atoms with Crippen LogP contribution in [0.25, 0.3) is 0 Å². The minimum Gasteiger partial charge on any atom is -0.367 e. The van der Waals surface area contributed by atoms with Crippen molar-refractivity contribution in [3.63, 3.8) is 0 Å². The number of terminal acetylenes is 1. The van der Waals surface area contributed by atoms with Crippen LogP contribution in [0, 0.1) is 12.3 Å². The van der Waals surface area contributed by atoms with Crippen molar-refractivity contribution in [2.24, 2.45) is 0 Å². The topological polar surface area (TPSA) is 23.6 Å². The van der Waals surface area contributed by atoms with Gasteiger partial charge in [-0.1, -0.05) is 37.7 Å². The van der Waals surface area contributed by atoms with Gasteiger partial charge in [0, 0.05) is 31.8 Å². The Bertz CT molecular complexity index is 579. The second kappa shape index (κ2) is 9.17. The molecule has 1 heterocycles. The maximum atomic E-state index is 12.1. The molecule has 0 aromatic heterocycles. The normalized spacial score (nSPS) is 18.3. The zero-order chi connectivity index (χ0) is 17.4. The van der Waals surface area contributed by atoms with Crippen LogP contribution in [0.1, 0.15) is 27.7 Å². The monoisotopic (exact) mass is 312 g/mol. The molecule has 23 heavy (non-hydrogen) atoms. The fraction of sp³-hybridized carbons (Fsp3) is 0.450. The largest absolute Gasteiger partial charge is 0.367 e. The smallest absolute Gasteiger partial charge is 0.170 e. The summed E-state index contributed by atoms with van der Waals surface area (Å²) in [5.41, 5.74) is 3.39. The molecule has 0 unspecified atom stereocenters. The minimum absolute atomic E-state index is 0.0701. The van der Waals surface area contributed by atoms with Crippen LogP contribution in [-0.2, 0) is 4.79 Å². The highest BCUT2D eigenvalue weighted by Crippen LogP contribution is 2.27. The fourth-order valence-electron chi connectivity index (χ4n) is 2.76. The van der Waals surface area contributed by atoms with E-state index in [0.29, 0.717) is 5.57 Å². The second-order valence-corrected chi connectivity index (χ2v) is 5.63. The standard InChI is InChI=1S/C20H28N2O/c1-7-11-19(16(5)8-2)20(18(9-3)17(6)23)22-14-12-21(10-4)13-15-22/h3,7-8,11H,1,10,12-15H2,2,4-6H3/b16-8-,19-11+,20-18+. The number of carbonyl (C=O) groups is 1. The summed E-state index contributed by atoms with van der Waals surface area (Å²) in [5, 5.41) is 0. The molecule has 1 aliphatic heterocycles. The van der Waals surface area contributed by atoms with Crippen molar-refractivity contribution in [1.82, 2.24) is 9.80 Å². The molecule has 0 aromatic carbocycles. The van der Waals surface area contributed by atoms with Crippen LogP contribution in [0.5, 0.6) is 0 Å². The molecule has 1 rings (SSSR count). The number of ketones is 1. The van der Waals surface area contributed by atoms with E-state index in [1.54, 1.807) is 6.08 Å². The van der Waals surface area contributed by atoms with Crippen molar-refractivity contribution < 1.29 is 4.79 Å². The highest BCUT2D eigenvalue weighted by Gasteiger charge is 2.24. The fourth-order valence-corrected chi connectivity index (χ4v) is 2.76. The SMILES string of the molecule is C#C/C(C(C)=O)=C(C(=C/C=C)/C(C)=C\C)\N1CCN(CC)CC1. The molecule has 1 fully saturated rings. The first-order chi connectivity index (χ1) is 11.0. The zero-order valence-corrected chi connectivity index (χ0v) is 14.9. The van der Waals surface area contributed by atoms with E-state index < -0.39 is 0 Å². The lowest BCUT2D eigenvalue weighted by atomic mass is 9.96. The number of likely N-dealkylation sites (N-methyl/N-ethyl adjacent to an activating group) is 1. The molecule has 1 aliphatic rings. The molecule has 1 saturated heterocycles. The molecule has 0 spiro atoms. The molecule has 0 atom stereocenters. The van der Waals surface area contributed by atoms with E-state index in [1.807, 2.05) is 26.0 Å². The van der Waals surface area contributed by atoms with Crippen molar-refractivity contribution in [2.45, 2.75) is 27.7 Å². The summed E-state index contributed by atoms with van der Waals surface area (Å²) in [6.45, 7) is 16.3. The van der Waals surface area contributed by atoms with Gasteiger partial charge in [-0.3, -0.25) is 4.79 Å². The maximum absolute atomic E-state index is 12.1. The first-order valence-corrected chi connectivity index (χ1v) is 8.15. The molecule has 3 heteroatoms. The van der Waals surface area contributed by atoms with Crippen LogP contribution in [0.3, 0.4) is 0 Å². The number of Topliss-reactive ketones (excluding diaryl/α,β-unsaturated/α-hetero) is 1. The summed E-state index contributed by atoms with van der Waals surface area (Å²) < 4.78 is 0. The van der Waals surface area contributed by atoms with E-state index in [-0.39, 0.29) is 5.78 Å². The maximum Gasteiger partial charge on any atom is 0.170 e. The third-order valence-corrected chi connectivity index (χ3v) is 4.27. The molecule has 0 aliphatic carbocycles. The van der Waals surface area contributed by atoms with E-state index in [9.17, 15) is 4.79 Å². The van der Waals surface area contributed by atoms with Gasteiger partial charge in [-0.2, -0.15) is 0 Å². The third-order valence-electron chi connectivity index (χ3n) is 4.27. The number of nitrogens with zero attached hydrogens (tertiary/aromatic N) is 2. The number of rotatable bonds is 6. The summed E-state index contributed by atoms with van der Waals surface area (Å²) in [5.74, 6) is 2.54. The molecular formula is C20H28N2O. The van der Waals surface area contributed by atoms with E-state index in [1.165, 1.54) is 6.92 Å². The molecule has 0 saturated carbocycles. The van der Waals surface area contributed by atoms with Crippen LogP contribution in [0.15, 0.2) is 47.2 Å². The van der Waals surface area contributed by atoms with Gasteiger partial charge in [0.05, 0.1) is 11.3 Å². The summed E-state index contributed by atoms with van der Waals surface area (Å²) in [4.78, 5) is 16.7. The molecule has 0 radical (unpaired) electrons. The lowest BCUT2D eigenvalue weighted by molar-refractivity contribution is -0.113. The lowest BCUT2D eigenvalue weighted by Gasteiger charge is -2.38. The van der Waals surface area contributed by atoms with Gasteiger partial charge in [0.1, 0.15) is 0 Å². The van der Waals surface area contributed by atoms with Gasteiger partial charge in [-0.15, -0.1) is 6.42 Å². The second-order valence-electron chi connectivity index (χ2n) is 5.63. The van der Waals surface area contributed by atoms with E-state index in [4.69, 9.17) is 6.42 Å². The van der Waals surface area contributed by atoms with Gasteiger partial charge in [-0.05, 0) is 32.9 Å². The number of carbonyl (C=O) groups excluding carboxylic acids is 1.